The second kappa shape index (κ2) is 4.43. The number of hydrogen-bond donors (Lipinski definition) is 0. The minimum Gasteiger partial charge on any atom is -0.287 e. The standard InChI is InChI=1S/C11H7BrFNOS/c1-6-14-9(5-16-6)11(15)7-3-2-4-8(12)10(7)13/h2-5H,1H3. The van der Waals surface area contributed by atoms with Gasteiger partial charge < -0.3 is 0 Å². The Kier molecular flexibility index (Phi) is 3.16. The zero-order chi connectivity index (χ0) is 11.7. The molecule has 2 nitrogen and oxygen atoms in total. The van der Waals surface area contributed by atoms with Crippen LogP contribution < -0.4 is 0 Å². The molecule has 82 valence electrons. The maximum atomic E-state index is 13.7. The lowest BCUT2D eigenvalue weighted by Gasteiger charge is -2.01. The van der Waals surface area contributed by atoms with Crippen molar-refractivity contribution in [3.8, 4) is 0 Å². The van der Waals surface area contributed by atoms with Gasteiger partial charge in [-0.3, -0.25) is 4.79 Å². The first-order valence-corrected chi connectivity index (χ1v) is 6.17. The van der Waals surface area contributed by atoms with Gasteiger partial charge in [0.05, 0.1) is 15.0 Å². The number of hydrogen-bond acceptors (Lipinski definition) is 3. The molecule has 0 bridgehead atoms. The van der Waals surface area contributed by atoms with E-state index in [2.05, 4.69) is 20.9 Å². The van der Waals surface area contributed by atoms with E-state index in [-0.39, 0.29) is 15.8 Å². The van der Waals surface area contributed by atoms with Crippen LogP contribution in [0.3, 0.4) is 0 Å². The molecule has 2 aromatic rings. The third kappa shape index (κ3) is 2.05. The van der Waals surface area contributed by atoms with Crippen molar-refractivity contribution in [1.82, 2.24) is 4.98 Å². The van der Waals surface area contributed by atoms with E-state index in [0.29, 0.717) is 5.69 Å². The van der Waals surface area contributed by atoms with Gasteiger partial charge in [-0.25, -0.2) is 9.37 Å². The normalized spacial score (nSPS) is 10.4. The molecule has 0 spiro atoms. The van der Waals surface area contributed by atoms with E-state index in [9.17, 15) is 9.18 Å². The molecular formula is C11H7BrFNOS. The summed E-state index contributed by atoms with van der Waals surface area (Å²) in [6.45, 7) is 1.80. The van der Waals surface area contributed by atoms with Gasteiger partial charge in [0.15, 0.2) is 0 Å². The quantitative estimate of drug-likeness (QED) is 0.793. The molecule has 0 amide bonds. The van der Waals surface area contributed by atoms with Crippen LogP contribution in [0, 0.1) is 12.7 Å². The first-order chi connectivity index (χ1) is 7.59. The number of nitrogens with zero attached hydrogens (tertiary/aromatic N) is 1. The van der Waals surface area contributed by atoms with Crippen molar-refractivity contribution >= 4 is 33.0 Å². The summed E-state index contributed by atoms with van der Waals surface area (Å²) in [5, 5.41) is 2.43. The molecule has 0 radical (unpaired) electrons. The van der Waals surface area contributed by atoms with Gasteiger partial charge in [-0.1, -0.05) is 6.07 Å². The molecule has 0 aliphatic heterocycles. The molecule has 2 rings (SSSR count). The van der Waals surface area contributed by atoms with Crippen LogP contribution in [-0.2, 0) is 0 Å². The van der Waals surface area contributed by atoms with Crippen molar-refractivity contribution in [2.45, 2.75) is 6.92 Å². The lowest BCUT2D eigenvalue weighted by molar-refractivity contribution is 0.103. The maximum absolute atomic E-state index is 13.7. The molecule has 0 aliphatic rings. The molecule has 1 heterocycles. The van der Waals surface area contributed by atoms with Crippen molar-refractivity contribution < 1.29 is 9.18 Å². The molecule has 1 aromatic heterocycles. The first kappa shape index (κ1) is 11.4. The lowest BCUT2D eigenvalue weighted by atomic mass is 10.1. The van der Waals surface area contributed by atoms with Crippen LogP contribution in [0.1, 0.15) is 21.1 Å². The molecule has 0 unspecified atom stereocenters. The summed E-state index contributed by atoms with van der Waals surface area (Å²) < 4.78 is 13.9. The number of carbonyl (C=O) groups excluding carboxylic acids is 1. The smallest absolute Gasteiger partial charge is 0.215 e. The van der Waals surface area contributed by atoms with Crippen LogP contribution >= 0.6 is 27.3 Å². The molecule has 16 heavy (non-hydrogen) atoms. The van der Waals surface area contributed by atoms with Crippen molar-refractivity contribution in [3.05, 3.63) is 50.1 Å². The number of aromatic nitrogens is 1. The Morgan fingerprint density at radius 1 is 1.50 bits per heavy atom. The summed E-state index contributed by atoms with van der Waals surface area (Å²) in [5.74, 6) is -0.929. The monoisotopic (exact) mass is 299 g/mol. The van der Waals surface area contributed by atoms with E-state index in [1.54, 1.807) is 24.4 Å². The van der Waals surface area contributed by atoms with Crippen LogP contribution in [0.4, 0.5) is 4.39 Å². The first-order valence-electron chi connectivity index (χ1n) is 4.50. The maximum Gasteiger partial charge on any atom is 0.215 e. The number of aryl methyl sites for hydroxylation is 1. The predicted octanol–water partition coefficient (Wildman–Crippen LogP) is 3.58. The van der Waals surface area contributed by atoms with Crippen LogP contribution in [0.15, 0.2) is 28.1 Å². The Bertz CT molecular complexity index is 553. The van der Waals surface area contributed by atoms with Gasteiger partial charge in [0.25, 0.3) is 0 Å². The SMILES string of the molecule is Cc1nc(C(=O)c2cccc(Br)c2F)cs1. The van der Waals surface area contributed by atoms with Crippen molar-refractivity contribution in [3.63, 3.8) is 0 Å². The lowest BCUT2D eigenvalue weighted by Crippen LogP contribution is -2.05. The topological polar surface area (TPSA) is 30.0 Å². The minimum atomic E-state index is -0.543. The predicted molar refractivity (Wildman–Crippen MR) is 64.4 cm³/mol. The Labute approximate surface area is 104 Å². The Balaban J connectivity index is 2.45. The fourth-order valence-corrected chi connectivity index (χ4v) is 2.24. The average molecular weight is 300 g/mol. The third-order valence-electron chi connectivity index (χ3n) is 2.05. The minimum absolute atomic E-state index is 0.0414. The van der Waals surface area contributed by atoms with Gasteiger partial charge >= 0.3 is 0 Å². The van der Waals surface area contributed by atoms with E-state index >= 15 is 0 Å². The molecular weight excluding hydrogens is 293 g/mol. The van der Waals surface area contributed by atoms with Crippen LogP contribution in [-0.4, -0.2) is 10.8 Å². The van der Waals surface area contributed by atoms with Gasteiger partial charge in [0.1, 0.15) is 11.5 Å². The van der Waals surface area contributed by atoms with Crippen LogP contribution in [0.25, 0.3) is 0 Å². The average Bonchev–Trinajstić information content (AvgIpc) is 2.68. The fourth-order valence-electron chi connectivity index (χ4n) is 1.28. The van der Waals surface area contributed by atoms with Crippen molar-refractivity contribution in [1.29, 1.82) is 0 Å². The third-order valence-corrected chi connectivity index (χ3v) is 3.43. The Morgan fingerprint density at radius 3 is 2.88 bits per heavy atom. The molecule has 0 aliphatic carbocycles. The van der Waals surface area contributed by atoms with E-state index in [1.807, 2.05) is 0 Å². The largest absolute Gasteiger partial charge is 0.287 e. The van der Waals surface area contributed by atoms with Crippen molar-refractivity contribution in [2.75, 3.05) is 0 Å². The highest BCUT2D eigenvalue weighted by molar-refractivity contribution is 9.10. The van der Waals surface area contributed by atoms with Gasteiger partial charge in [-0.15, -0.1) is 11.3 Å². The van der Waals surface area contributed by atoms with E-state index in [1.165, 1.54) is 17.4 Å². The highest BCUT2D eigenvalue weighted by Crippen LogP contribution is 2.21. The highest BCUT2D eigenvalue weighted by atomic mass is 79.9. The van der Waals surface area contributed by atoms with Crippen LogP contribution in [0.5, 0.6) is 0 Å². The number of thiazole rings is 1. The summed E-state index contributed by atoms with van der Waals surface area (Å²) in [5.41, 5.74) is 0.333. The van der Waals surface area contributed by atoms with Crippen molar-refractivity contribution in [2.24, 2.45) is 0 Å². The highest BCUT2D eigenvalue weighted by Gasteiger charge is 2.17. The number of ketones is 1. The van der Waals surface area contributed by atoms with Gasteiger partial charge in [-0.05, 0) is 35.0 Å². The van der Waals surface area contributed by atoms with Crippen LogP contribution in [0.2, 0.25) is 0 Å². The molecule has 5 heteroatoms. The Hall–Kier alpha value is -1.07. The number of carbonyl (C=O) groups is 1. The second-order valence-electron chi connectivity index (χ2n) is 3.18. The molecule has 0 atom stereocenters. The number of halogens is 2. The molecule has 0 saturated carbocycles. The summed E-state index contributed by atoms with van der Waals surface area (Å²) in [6, 6.07) is 4.63. The number of rotatable bonds is 2. The molecule has 0 saturated heterocycles. The second-order valence-corrected chi connectivity index (χ2v) is 5.10. The van der Waals surface area contributed by atoms with E-state index in [0.717, 1.165) is 5.01 Å². The van der Waals surface area contributed by atoms with E-state index in [4.69, 9.17) is 0 Å². The van der Waals surface area contributed by atoms with Gasteiger partial charge in [0.2, 0.25) is 5.78 Å². The Morgan fingerprint density at radius 2 is 2.25 bits per heavy atom. The summed E-state index contributed by atoms with van der Waals surface area (Å²) in [6.07, 6.45) is 0. The summed E-state index contributed by atoms with van der Waals surface area (Å²) in [4.78, 5) is 16.0. The zero-order valence-corrected chi connectivity index (χ0v) is 10.7. The van der Waals surface area contributed by atoms with E-state index < -0.39 is 5.82 Å². The number of benzene rings is 1. The molecule has 0 N–H and O–H groups in total. The molecule has 1 aromatic carbocycles. The van der Waals surface area contributed by atoms with Gasteiger partial charge in [0, 0.05) is 5.38 Å². The zero-order valence-electron chi connectivity index (χ0n) is 8.33. The summed E-state index contributed by atoms with van der Waals surface area (Å²) >= 11 is 4.42. The summed E-state index contributed by atoms with van der Waals surface area (Å²) in [7, 11) is 0. The molecule has 0 fully saturated rings. The fraction of sp³-hybridized carbons (Fsp3) is 0.0909. The van der Waals surface area contributed by atoms with Gasteiger partial charge in [-0.2, -0.15) is 0 Å².